The first-order chi connectivity index (χ1) is 13.0. The first-order valence-electron chi connectivity index (χ1n) is 9.15. The van der Waals surface area contributed by atoms with Crippen molar-refractivity contribution in [2.45, 2.75) is 45.1 Å². The molecule has 2 fully saturated rings. The molecule has 1 aromatic heterocycles. The van der Waals surface area contributed by atoms with Gasteiger partial charge in [0, 0.05) is 16.3 Å². The van der Waals surface area contributed by atoms with Crippen LogP contribution < -0.4 is 4.74 Å². The lowest BCUT2D eigenvalue weighted by Gasteiger charge is -2.30. The Morgan fingerprint density at radius 1 is 1.26 bits per heavy atom. The van der Waals surface area contributed by atoms with Crippen LogP contribution in [0, 0.1) is 5.41 Å². The lowest BCUT2D eigenvalue weighted by atomic mass is 9.73. The predicted octanol–water partition coefficient (Wildman–Crippen LogP) is 4.79. The molecule has 2 heterocycles. The standard InChI is InChI=1S/C20H21BrN2O3S/c1-26-16-6-5-13(21)9-15(16)18-22-14(12-27-18)11-23-17(24)10-20(19(23)25)7-3-2-4-8-20/h5-6,9,12H,2-4,7-8,10-11H2,1H3. The summed E-state index contributed by atoms with van der Waals surface area (Å²) >= 11 is 4.97. The summed E-state index contributed by atoms with van der Waals surface area (Å²) in [6, 6.07) is 5.77. The highest BCUT2D eigenvalue weighted by atomic mass is 79.9. The highest BCUT2D eigenvalue weighted by Gasteiger charge is 2.51. The number of amides is 2. The monoisotopic (exact) mass is 448 g/mol. The molecule has 1 aliphatic carbocycles. The van der Waals surface area contributed by atoms with Gasteiger partial charge in [0.15, 0.2) is 0 Å². The van der Waals surface area contributed by atoms with Gasteiger partial charge in [-0.1, -0.05) is 35.2 Å². The zero-order valence-electron chi connectivity index (χ0n) is 15.2. The number of halogens is 1. The quantitative estimate of drug-likeness (QED) is 0.630. The minimum atomic E-state index is -0.443. The van der Waals surface area contributed by atoms with E-state index >= 15 is 0 Å². The Kier molecular flexibility index (Phi) is 5.07. The molecular weight excluding hydrogens is 428 g/mol. The van der Waals surface area contributed by atoms with Crippen LogP contribution in [0.1, 0.15) is 44.2 Å². The highest BCUT2D eigenvalue weighted by Crippen LogP contribution is 2.45. The third-order valence-electron chi connectivity index (χ3n) is 5.56. The second-order valence-electron chi connectivity index (χ2n) is 7.29. The van der Waals surface area contributed by atoms with Gasteiger partial charge in [0.1, 0.15) is 10.8 Å². The maximum Gasteiger partial charge on any atom is 0.236 e. The summed E-state index contributed by atoms with van der Waals surface area (Å²) in [5, 5.41) is 2.73. The van der Waals surface area contributed by atoms with Gasteiger partial charge in [0.2, 0.25) is 11.8 Å². The van der Waals surface area contributed by atoms with Crippen molar-refractivity contribution in [3.05, 3.63) is 33.7 Å². The fourth-order valence-electron chi connectivity index (χ4n) is 4.15. The maximum absolute atomic E-state index is 13.0. The molecule has 1 saturated carbocycles. The largest absolute Gasteiger partial charge is 0.496 e. The first-order valence-corrected chi connectivity index (χ1v) is 10.8. The van der Waals surface area contributed by atoms with Crippen LogP contribution >= 0.6 is 27.3 Å². The average Bonchev–Trinajstić information content (AvgIpc) is 3.22. The number of carbonyl (C=O) groups excluding carboxylic acids is 2. The minimum absolute atomic E-state index is 0.00165. The predicted molar refractivity (Wildman–Crippen MR) is 107 cm³/mol. The van der Waals surface area contributed by atoms with Crippen molar-refractivity contribution >= 4 is 39.1 Å². The van der Waals surface area contributed by atoms with E-state index in [2.05, 4.69) is 20.9 Å². The molecule has 1 aromatic carbocycles. The third kappa shape index (κ3) is 3.43. The minimum Gasteiger partial charge on any atom is -0.496 e. The fourth-order valence-corrected chi connectivity index (χ4v) is 5.34. The van der Waals surface area contributed by atoms with Crippen LogP contribution in [0.2, 0.25) is 0 Å². The molecule has 2 amide bonds. The topological polar surface area (TPSA) is 59.5 Å². The van der Waals surface area contributed by atoms with E-state index in [4.69, 9.17) is 4.74 Å². The average molecular weight is 449 g/mol. The van der Waals surface area contributed by atoms with E-state index in [1.807, 2.05) is 23.6 Å². The van der Waals surface area contributed by atoms with Crippen LogP contribution in [0.3, 0.4) is 0 Å². The number of methoxy groups -OCH3 is 1. The van der Waals surface area contributed by atoms with Crippen LogP contribution in [-0.4, -0.2) is 28.8 Å². The van der Waals surface area contributed by atoms with Crippen molar-refractivity contribution in [1.29, 1.82) is 0 Å². The van der Waals surface area contributed by atoms with Gasteiger partial charge in [-0.2, -0.15) is 0 Å². The Hall–Kier alpha value is -1.73. The van der Waals surface area contributed by atoms with Gasteiger partial charge < -0.3 is 4.74 Å². The second-order valence-corrected chi connectivity index (χ2v) is 9.07. The second kappa shape index (κ2) is 7.36. The number of likely N-dealkylation sites (tertiary alicyclic amines) is 1. The molecule has 4 rings (SSSR count). The summed E-state index contributed by atoms with van der Waals surface area (Å²) in [6.45, 7) is 0.256. The molecule has 0 N–H and O–H groups in total. The smallest absolute Gasteiger partial charge is 0.236 e. The van der Waals surface area contributed by atoms with Gasteiger partial charge in [-0.15, -0.1) is 11.3 Å². The molecule has 1 spiro atoms. The zero-order chi connectivity index (χ0) is 19.0. The number of aromatic nitrogens is 1. The molecule has 142 valence electrons. The maximum atomic E-state index is 13.0. The van der Waals surface area contributed by atoms with E-state index in [9.17, 15) is 9.59 Å². The Labute approximate surface area is 170 Å². The summed E-state index contributed by atoms with van der Waals surface area (Å²) in [5.41, 5.74) is 1.19. The Morgan fingerprint density at radius 2 is 2.04 bits per heavy atom. The van der Waals surface area contributed by atoms with E-state index in [0.29, 0.717) is 6.42 Å². The van der Waals surface area contributed by atoms with Crippen LogP contribution in [0.15, 0.2) is 28.1 Å². The van der Waals surface area contributed by atoms with Crippen LogP contribution in [0.4, 0.5) is 0 Å². The summed E-state index contributed by atoms with van der Waals surface area (Å²) in [7, 11) is 1.63. The summed E-state index contributed by atoms with van der Waals surface area (Å²) in [5.74, 6) is 0.687. The number of hydrogen-bond acceptors (Lipinski definition) is 5. The number of rotatable bonds is 4. The van der Waals surface area contributed by atoms with Gasteiger partial charge in [0.05, 0.1) is 30.3 Å². The molecule has 1 aliphatic heterocycles. The molecule has 2 aliphatic rings. The van der Waals surface area contributed by atoms with Crippen LogP contribution in [0.25, 0.3) is 10.6 Å². The molecule has 7 heteroatoms. The van der Waals surface area contributed by atoms with Gasteiger partial charge in [0.25, 0.3) is 0 Å². The van der Waals surface area contributed by atoms with Gasteiger partial charge in [-0.25, -0.2) is 4.98 Å². The summed E-state index contributed by atoms with van der Waals surface area (Å²) < 4.78 is 6.38. The molecule has 1 saturated heterocycles. The molecule has 0 bridgehead atoms. The number of nitrogens with zero attached hydrogens (tertiary/aromatic N) is 2. The normalized spacial score (nSPS) is 19.1. The van der Waals surface area contributed by atoms with E-state index in [-0.39, 0.29) is 18.4 Å². The number of imide groups is 1. The van der Waals surface area contributed by atoms with Gasteiger partial charge >= 0.3 is 0 Å². The Morgan fingerprint density at radius 3 is 2.78 bits per heavy atom. The molecule has 2 aromatic rings. The zero-order valence-corrected chi connectivity index (χ0v) is 17.6. The van der Waals surface area contributed by atoms with Crippen molar-refractivity contribution < 1.29 is 14.3 Å². The van der Waals surface area contributed by atoms with Crippen molar-refractivity contribution in [3.63, 3.8) is 0 Å². The van der Waals surface area contributed by atoms with E-state index in [1.54, 1.807) is 7.11 Å². The fraction of sp³-hybridized carbons (Fsp3) is 0.450. The number of hydrogen-bond donors (Lipinski definition) is 0. The Balaban J connectivity index is 1.56. The number of ether oxygens (including phenoxy) is 1. The SMILES string of the molecule is COc1ccc(Br)cc1-c1nc(CN2C(=O)CC3(CCCCC3)C2=O)cs1. The molecule has 0 atom stereocenters. The number of thiazole rings is 1. The number of carbonyl (C=O) groups is 2. The van der Waals surface area contributed by atoms with Gasteiger partial charge in [-0.3, -0.25) is 14.5 Å². The Bertz CT molecular complexity index is 889. The lowest BCUT2D eigenvalue weighted by Crippen LogP contribution is -2.36. The van der Waals surface area contributed by atoms with Crippen molar-refractivity contribution in [1.82, 2.24) is 9.88 Å². The highest BCUT2D eigenvalue weighted by molar-refractivity contribution is 9.10. The summed E-state index contributed by atoms with van der Waals surface area (Å²) in [4.78, 5) is 31.6. The van der Waals surface area contributed by atoms with Gasteiger partial charge in [-0.05, 0) is 31.0 Å². The molecule has 27 heavy (non-hydrogen) atoms. The third-order valence-corrected chi connectivity index (χ3v) is 6.98. The van der Waals surface area contributed by atoms with Crippen molar-refractivity contribution in [3.8, 4) is 16.3 Å². The van der Waals surface area contributed by atoms with E-state index < -0.39 is 5.41 Å². The first kappa shape index (κ1) is 18.6. The molecule has 0 unspecified atom stereocenters. The molecule has 5 nitrogen and oxygen atoms in total. The molecular formula is C20H21BrN2O3S. The van der Waals surface area contributed by atoms with Crippen LogP contribution in [0.5, 0.6) is 5.75 Å². The van der Waals surface area contributed by atoms with E-state index in [1.165, 1.54) is 16.2 Å². The molecule has 0 radical (unpaired) electrons. The number of benzene rings is 1. The lowest BCUT2D eigenvalue weighted by molar-refractivity contribution is -0.143. The summed E-state index contributed by atoms with van der Waals surface area (Å²) in [6.07, 6.45) is 5.28. The van der Waals surface area contributed by atoms with E-state index in [0.717, 1.165) is 58.6 Å². The van der Waals surface area contributed by atoms with Crippen molar-refractivity contribution in [2.24, 2.45) is 5.41 Å². The van der Waals surface area contributed by atoms with Crippen molar-refractivity contribution in [2.75, 3.05) is 7.11 Å². The van der Waals surface area contributed by atoms with Crippen LogP contribution in [-0.2, 0) is 16.1 Å².